The first-order valence-corrected chi connectivity index (χ1v) is 8.95. The normalized spacial score (nSPS) is 14.1. The van der Waals surface area contributed by atoms with Gasteiger partial charge in [0.15, 0.2) is 0 Å². The number of carboxylic acids is 1. The maximum atomic E-state index is 11.5. The van der Waals surface area contributed by atoms with Crippen LogP contribution in [0.5, 0.6) is 5.75 Å². The zero-order valence-corrected chi connectivity index (χ0v) is 15.9. The topological polar surface area (TPSA) is 62.7 Å². The summed E-state index contributed by atoms with van der Waals surface area (Å²) in [5.74, 6) is 0.981. The molecule has 1 aliphatic heterocycles. The fraction of sp³-hybridized carbons (Fsp3) is 0.429. The molecule has 0 spiro atoms. The lowest BCUT2D eigenvalue weighted by Gasteiger charge is -2.32. The van der Waals surface area contributed by atoms with Gasteiger partial charge in [-0.15, -0.1) is 0 Å². The number of hydrogen-bond donors (Lipinski definition) is 1. The van der Waals surface area contributed by atoms with Crippen LogP contribution in [0.3, 0.4) is 0 Å². The third-order valence-corrected chi connectivity index (χ3v) is 5.03. The summed E-state index contributed by atoms with van der Waals surface area (Å²) >= 11 is 0. The first kappa shape index (κ1) is 18.2. The van der Waals surface area contributed by atoms with E-state index < -0.39 is 11.4 Å². The molecule has 2 aromatic rings. The van der Waals surface area contributed by atoms with Crippen molar-refractivity contribution < 1.29 is 14.6 Å². The van der Waals surface area contributed by atoms with Gasteiger partial charge in [-0.2, -0.15) is 0 Å². The quantitative estimate of drug-likeness (QED) is 0.852. The summed E-state index contributed by atoms with van der Waals surface area (Å²) in [6.07, 6.45) is 1.68. The number of aryl methyl sites for hydroxylation is 1. The number of anilines is 1. The number of carboxylic acid groups (broad SMARTS) is 1. The van der Waals surface area contributed by atoms with Gasteiger partial charge in [-0.3, -0.25) is 4.79 Å². The van der Waals surface area contributed by atoms with Crippen molar-refractivity contribution in [2.75, 3.05) is 25.1 Å². The van der Waals surface area contributed by atoms with Crippen LogP contribution in [0.2, 0.25) is 0 Å². The van der Waals surface area contributed by atoms with Gasteiger partial charge in [0, 0.05) is 29.9 Å². The summed E-state index contributed by atoms with van der Waals surface area (Å²) in [6, 6.07) is 10.0. The molecule has 5 nitrogen and oxygen atoms in total. The van der Waals surface area contributed by atoms with Crippen molar-refractivity contribution in [2.45, 2.75) is 33.6 Å². The van der Waals surface area contributed by atoms with Crippen LogP contribution < -0.4 is 9.64 Å². The van der Waals surface area contributed by atoms with E-state index in [9.17, 15) is 9.90 Å². The molecule has 1 aromatic carbocycles. The Hall–Kier alpha value is -2.56. The Morgan fingerprint density at radius 1 is 1.23 bits per heavy atom. The highest BCUT2D eigenvalue weighted by Gasteiger charge is 2.28. The molecular weight excluding hydrogens is 328 g/mol. The van der Waals surface area contributed by atoms with Crippen LogP contribution in [0.15, 0.2) is 30.3 Å². The zero-order chi connectivity index (χ0) is 18.9. The van der Waals surface area contributed by atoms with Gasteiger partial charge in [0.05, 0.1) is 12.5 Å². The number of methoxy groups -OCH3 is 1. The second-order valence-electron chi connectivity index (χ2n) is 7.54. The Morgan fingerprint density at radius 2 is 1.96 bits per heavy atom. The minimum absolute atomic E-state index is 0.456. The van der Waals surface area contributed by atoms with Crippen molar-refractivity contribution >= 4 is 11.8 Å². The number of nitrogens with zero attached hydrogens (tertiary/aromatic N) is 2. The number of ether oxygens (including phenoxy) is 1. The molecular formula is C21H26N2O3. The second-order valence-corrected chi connectivity index (χ2v) is 7.54. The van der Waals surface area contributed by atoms with Gasteiger partial charge in [0.25, 0.3) is 0 Å². The number of hydrogen-bond acceptors (Lipinski definition) is 4. The lowest BCUT2D eigenvalue weighted by atomic mass is 9.85. The molecule has 0 saturated carbocycles. The van der Waals surface area contributed by atoms with E-state index in [0.717, 1.165) is 47.0 Å². The summed E-state index contributed by atoms with van der Waals surface area (Å²) in [4.78, 5) is 18.5. The number of rotatable bonds is 6. The molecule has 1 fully saturated rings. The molecule has 3 rings (SSSR count). The molecule has 26 heavy (non-hydrogen) atoms. The van der Waals surface area contributed by atoms with Crippen molar-refractivity contribution in [1.82, 2.24) is 4.98 Å². The fourth-order valence-corrected chi connectivity index (χ4v) is 3.22. The Kier molecular flexibility index (Phi) is 4.90. The number of benzene rings is 1. The standard InChI is InChI=1S/C21H26N2O3/c1-14-16(7-9-19(22-14)23-10-5-11-23)17-12-15(6-8-18(17)26-4)13-21(2,3)20(24)25/h6-9,12H,5,10-11,13H2,1-4H3,(H,24,25). The van der Waals surface area contributed by atoms with Gasteiger partial charge >= 0.3 is 5.97 Å². The highest BCUT2D eigenvalue weighted by molar-refractivity contribution is 5.76. The van der Waals surface area contributed by atoms with Crippen molar-refractivity contribution in [3.8, 4) is 16.9 Å². The molecule has 5 heteroatoms. The molecule has 0 amide bonds. The first-order chi connectivity index (χ1) is 12.3. The van der Waals surface area contributed by atoms with Gasteiger partial charge in [-0.25, -0.2) is 4.98 Å². The van der Waals surface area contributed by atoms with Crippen LogP contribution in [-0.2, 0) is 11.2 Å². The Labute approximate surface area is 154 Å². The van der Waals surface area contributed by atoms with Crippen LogP contribution in [0, 0.1) is 12.3 Å². The van der Waals surface area contributed by atoms with Crippen molar-refractivity contribution in [3.05, 3.63) is 41.6 Å². The summed E-state index contributed by atoms with van der Waals surface area (Å²) in [7, 11) is 1.65. The van der Waals surface area contributed by atoms with Gasteiger partial charge in [-0.1, -0.05) is 6.07 Å². The average molecular weight is 354 g/mol. The average Bonchev–Trinajstić information content (AvgIpc) is 2.53. The smallest absolute Gasteiger partial charge is 0.309 e. The van der Waals surface area contributed by atoms with Gasteiger partial charge in [0.2, 0.25) is 0 Å². The van der Waals surface area contributed by atoms with Crippen LogP contribution in [0.4, 0.5) is 5.82 Å². The minimum atomic E-state index is -0.819. The van der Waals surface area contributed by atoms with E-state index in [1.165, 1.54) is 6.42 Å². The van der Waals surface area contributed by atoms with Crippen LogP contribution >= 0.6 is 0 Å². The van der Waals surface area contributed by atoms with E-state index in [2.05, 4.69) is 17.0 Å². The van der Waals surface area contributed by atoms with Gasteiger partial charge in [-0.05, 0) is 63.4 Å². The van der Waals surface area contributed by atoms with Crippen molar-refractivity contribution in [2.24, 2.45) is 5.41 Å². The van der Waals surface area contributed by atoms with E-state index in [0.29, 0.717) is 6.42 Å². The summed E-state index contributed by atoms with van der Waals surface area (Å²) in [6.45, 7) is 7.62. The highest BCUT2D eigenvalue weighted by Crippen LogP contribution is 2.35. The number of aliphatic carboxylic acids is 1. The molecule has 2 heterocycles. The highest BCUT2D eigenvalue weighted by atomic mass is 16.5. The Morgan fingerprint density at radius 3 is 2.50 bits per heavy atom. The van der Waals surface area contributed by atoms with Gasteiger partial charge < -0.3 is 14.7 Å². The monoisotopic (exact) mass is 354 g/mol. The maximum Gasteiger partial charge on any atom is 0.309 e. The van der Waals surface area contributed by atoms with E-state index in [1.807, 2.05) is 25.1 Å². The maximum absolute atomic E-state index is 11.5. The molecule has 0 radical (unpaired) electrons. The van der Waals surface area contributed by atoms with Crippen molar-refractivity contribution in [3.63, 3.8) is 0 Å². The predicted molar refractivity (Wildman–Crippen MR) is 103 cm³/mol. The van der Waals surface area contributed by atoms with Gasteiger partial charge in [0.1, 0.15) is 11.6 Å². The molecule has 0 atom stereocenters. The molecule has 1 saturated heterocycles. The van der Waals surface area contributed by atoms with Crippen molar-refractivity contribution in [1.29, 1.82) is 0 Å². The first-order valence-electron chi connectivity index (χ1n) is 8.95. The number of aromatic nitrogens is 1. The summed E-state index contributed by atoms with van der Waals surface area (Å²) in [5.41, 5.74) is 3.06. The second kappa shape index (κ2) is 6.98. The largest absolute Gasteiger partial charge is 0.496 e. The minimum Gasteiger partial charge on any atom is -0.496 e. The third kappa shape index (κ3) is 3.52. The van der Waals surface area contributed by atoms with Crippen LogP contribution in [0.25, 0.3) is 11.1 Å². The summed E-state index contributed by atoms with van der Waals surface area (Å²) in [5, 5.41) is 9.41. The SMILES string of the molecule is COc1ccc(CC(C)(C)C(=O)O)cc1-c1ccc(N2CCC2)nc1C. The Bertz CT molecular complexity index is 826. The lowest BCUT2D eigenvalue weighted by Crippen LogP contribution is -2.37. The van der Waals surface area contributed by atoms with E-state index >= 15 is 0 Å². The molecule has 0 unspecified atom stereocenters. The van der Waals surface area contributed by atoms with E-state index in [1.54, 1.807) is 21.0 Å². The zero-order valence-electron chi connectivity index (χ0n) is 15.9. The number of pyridine rings is 1. The number of carbonyl (C=O) groups is 1. The van der Waals surface area contributed by atoms with Crippen LogP contribution in [-0.4, -0.2) is 36.3 Å². The predicted octanol–water partition coefficient (Wildman–Crippen LogP) is 3.93. The molecule has 1 aliphatic rings. The van der Waals surface area contributed by atoms with Crippen LogP contribution in [0.1, 0.15) is 31.5 Å². The molecule has 1 aromatic heterocycles. The molecule has 138 valence electrons. The Balaban J connectivity index is 1.97. The van der Waals surface area contributed by atoms with E-state index in [-0.39, 0.29) is 0 Å². The lowest BCUT2D eigenvalue weighted by molar-refractivity contribution is -0.146. The summed E-state index contributed by atoms with van der Waals surface area (Å²) < 4.78 is 5.54. The molecule has 0 bridgehead atoms. The molecule has 0 aliphatic carbocycles. The molecule has 1 N–H and O–H groups in total. The fourth-order valence-electron chi connectivity index (χ4n) is 3.22. The van der Waals surface area contributed by atoms with E-state index in [4.69, 9.17) is 9.72 Å². The third-order valence-electron chi connectivity index (χ3n) is 5.03.